The fourth-order valence-corrected chi connectivity index (χ4v) is 3.45. The van der Waals surface area contributed by atoms with Gasteiger partial charge in [-0.1, -0.05) is 0 Å². The molecule has 0 N–H and O–H groups in total. The van der Waals surface area contributed by atoms with Crippen molar-refractivity contribution in [3.63, 3.8) is 0 Å². The van der Waals surface area contributed by atoms with Gasteiger partial charge in [-0.3, -0.25) is 0 Å². The molecule has 0 fully saturated rings. The van der Waals surface area contributed by atoms with Gasteiger partial charge in [-0.05, 0) is 0 Å². The first-order valence-corrected chi connectivity index (χ1v) is 8.44. The Hall–Kier alpha value is -2.05. The summed E-state index contributed by atoms with van der Waals surface area (Å²) < 4.78 is 1.08. The molecule has 1 amide bonds. The maximum atomic E-state index is 12.4. The third-order valence-electron chi connectivity index (χ3n) is 2.91. The second kappa shape index (κ2) is 8.28. The van der Waals surface area contributed by atoms with Gasteiger partial charge in [-0.15, -0.1) is 0 Å². The molecule has 0 spiro atoms. The van der Waals surface area contributed by atoms with E-state index in [2.05, 4.69) is 24.4 Å². The second-order valence-electron chi connectivity index (χ2n) is 4.44. The van der Waals surface area contributed by atoms with Gasteiger partial charge in [0.25, 0.3) is 0 Å². The summed E-state index contributed by atoms with van der Waals surface area (Å²) in [6.07, 6.45) is 2.48. The molecule has 21 heavy (non-hydrogen) atoms. The van der Waals surface area contributed by atoms with E-state index in [-0.39, 0.29) is 19.8 Å². The molecule has 2 rings (SSSR count). The minimum absolute atomic E-state index is 0.126. The average Bonchev–Trinajstić information content (AvgIpc) is 2.53. The van der Waals surface area contributed by atoms with Crippen molar-refractivity contribution in [2.75, 3.05) is 6.54 Å². The number of hydrogen-bond acceptors (Lipinski definition) is 1. The Labute approximate surface area is 132 Å². The molecular weight excluding hydrogens is 325 g/mol. The fraction of sp³-hybridized carbons (Fsp3) is 0.111. The van der Waals surface area contributed by atoms with Crippen LogP contribution < -0.4 is 4.46 Å². The van der Waals surface area contributed by atoms with Crippen LogP contribution in [0.3, 0.4) is 0 Å². The van der Waals surface area contributed by atoms with Crippen molar-refractivity contribution in [2.45, 2.75) is 6.42 Å². The topological polar surface area (TPSA) is 20.3 Å². The zero-order valence-electron chi connectivity index (χ0n) is 11.7. The van der Waals surface area contributed by atoms with Crippen molar-refractivity contribution >= 4 is 24.2 Å². The van der Waals surface area contributed by atoms with E-state index in [1.165, 1.54) is 5.56 Å². The van der Waals surface area contributed by atoms with Crippen LogP contribution in [0.5, 0.6) is 0 Å². The van der Waals surface area contributed by atoms with Crippen molar-refractivity contribution in [3.8, 4) is 0 Å². The Balaban J connectivity index is 1.98. The first kappa shape index (κ1) is 15.3. The van der Waals surface area contributed by atoms with E-state index in [0.717, 1.165) is 10.9 Å². The zero-order chi connectivity index (χ0) is 14.9. The van der Waals surface area contributed by atoms with Gasteiger partial charge in [0.05, 0.1) is 0 Å². The van der Waals surface area contributed by atoms with Crippen molar-refractivity contribution in [1.29, 1.82) is 0 Å². The minimum atomic E-state index is -0.217. The van der Waals surface area contributed by atoms with Crippen LogP contribution in [0.4, 0.5) is 4.79 Å². The number of amides is 1. The molecule has 0 unspecified atom stereocenters. The summed E-state index contributed by atoms with van der Waals surface area (Å²) in [6, 6.07) is 20.0. The summed E-state index contributed by atoms with van der Waals surface area (Å²) in [4.78, 5) is 14.2. The van der Waals surface area contributed by atoms with Crippen LogP contribution in [0.25, 0.3) is 0 Å². The Morgan fingerprint density at radius 2 is 1.71 bits per heavy atom. The van der Waals surface area contributed by atoms with Gasteiger partial charge in [0, 0.05) is 0 Å². The summed E-state index contributed by atoms with van der Waals surface area (Å²) in [5.41, 5.74) is 3.93. The van der Waals surface area contributed by atoms with Crippen LogP contribution in [-0.4, -0.2) is 31.2 Å². The molecular formula is C18H17NOSe. The number of nitrogens with zero attached hydrogens (tertiary/aromatic N) is 1. The summed E-state index contributed by atoms with van der Waals surface area (Å²) >= 11 is -0.217. The third-order valence-corrected chi connectivity index (χ3v) is 4.84. The predicted octanol–water partition coefficient (Wildman–Crippen LogP) is 2.98. The molecule has 2 aromatic carbocycles. The monoisotopic (exact) mass is 343 g/mol. The van der Waals surface area contributed by atoms with E-state index < -0.39 is 0 Å². The maximum absolute atomic E-state index is 12.4. The molecule has 3 heteroatoms. The number of benzene rings is 2. The van der Waals surface area contributed by atoms with Crippen LogP contribution in [-0.2, 0) is 6.42 Å². The molecule has 2 aromatic rings. The third kappa shape index (κ3) is 5.09. The number of hydrogen-bond donors (Lipinski definition) is 0. The van der Waals surface area contributed by atoms with Crippen LogP contribution in [0, 0.1) is 0 Å². The van der Waals surface area contributed by atoms with E-state index in [0.29, 0.717) is 6.54 Å². The van der Waals surface area contributed by atoms with Gasteiger partial charge >= 0.3 is 132 Å². The number of carbonyl (C=O) groups excluding carboxylic acids is 1. The van der Waals surface area contributed by atoms with E-state index in [4.69, 9.17) is 0 Å². The average molecular weight is 342 g/mol. The molecule has 0 saturated carbocycles. The quantitative estimate of drug-likeness (QED) is 0.584. The number of carbonyl (C=O) groups is 1. The van der Waals surface area contributed by atoms with Crippen LogP contribution >= 0.6 is 0 Å². The molecule has 0 radical (unpaired) electrons. The Morgan fingerprint density at radius 3 is 2.33 bits per heavy atom. The van der Waals surface area contributed by atoms with E-state index >= 15 is 0 Å². The van der Waals surface area contributed by atoms with Crippen LogP contribution in [0.1, 0.15) is 5.56 Å². The van der Waals surface area contributed by atoms with Gasteiger partial charge in [-0.2, -0.15) is 0 Å². The van der Waals surface area contributed by atoms with Crippen LogP contribution in [0.2, 0.25) is 0 Å². The standard InChI is InChI=1S/C18H17NOSe/c1-2-14-19(15-13-16-9-5-3-6-10-16)18(20)21-17-11-7-4-8-12-17/h3-12,14H,1,13,15H2. The Morgan fingerprint density at radius 1 is 1.10 bits per heavy atom. The van der Waals surface area contributed by atoms with Crippen molar-refractivity contribution in [3.05, 3.63) is 84.7 Å². The van der Waals surface area contributed by atoms with Crippen molar-refractivity contribution in [1.82, 2.24) is 4.90 Å². The summed E-state index contributed by atoms with van der Waals surface area (Å²) in [6.45, 7) is 4.23. The molecule has 0 bridgehead atoms. The van der Waals surface area contributed by atoms with Crippen molar-refractivity contribution in [2.24, 2.45) is 0 Å². The van der Waals surface area contributed by atoms with E-state index in [1.807, 2.05) is 48.5 Å². The number of rotatable bonds is 6. The molecule has 0 saturated heterocycles. The fourth-order valence-electron chi connectivity index (χ4n) is 1.86. The summed E-state index contributed by atoms with van der Waals surface area (Å²) in [5.74, 6) is 0. The molecule has 106 valence electrons. The molecule has 0 atom stereocenters. The van der Waals surface area contributed by atoms with Crippen LogP contribution in [0.15, 0.2) is 79.2 Å². The summed E-state index contributed by atoms with van der Waals surface area (Å²) in [7, 11) is 0. The molecule has 2 nitrogen and oxygen atoms in total. The molecule has 0 aliphatic heterocycles. The van der Waals surface area contributed by atoms with E-state index in [9.17, 15) is 4.79 Å². The van der Waals surface area contributed by atoms with E-state index in [1.54, 1.807) is 11.1 Å². The van der Waals surface area contributed by atoms with Gasteiger partial charge in [0.1, 0.15) is 0 Å². The molecule has 0 aromatic heterocycles. The Bertz CT molecular complexity index is 618. The molecule has 0 aliphatic carbocycles. The SMILES string of the molecule is C=C=CN(CCc1ccccc1)C(=O)[Se]c1ccccc1. The summed E-state index contributed by atoms with van der Waals surface area (Å²) in [5, 5.41) is 0. The van der Waals surface area contributed by atoms with Gasteiger partial charge in [0.15, 0.2) is 0 Å². The van der Waals surface area contributed by atoms with Gasteiger partial charge in [0.2, 0.25) is 0 Å². The first-order valence-electron chi connectivity index (χ1n) is 6.73. The molecule has 0 heterocycles. The first-order chi connectivity index (χ1) is 10.3. The van der Waals surface area contributed by atoms with Gasteiger partial charge < -0.3 is 0 Å². The second-order valence-corrected chi connectivity index (χ2v) is 6.59. The Kier molecular flexibility index (Phi) is 6.05. The normalized spacial score (nSPS) is 9.71. The van der Waals surface area contributed by atoms with Gasteiger partial charge in [-0.25, -0.2) is 0 Å². The zero-order valence-corrected chi connectivity index (χ0v) is 13.4. The predicted molar refractivity (Wildman–Crippen MR) is 87.8 cm³/mol. The molecule has 0 aliphatic rings. The van der Waals surface area contributed by atoms with Crippen molar-refractivity contribution < 1.29 is 4.79 Å².